The third kappa shape index (κ3) is 3.15. The Morgan fingerprint density at radius 1 is 1.47 bits per heavy atom. The van der Waals surface area contributed by atoms with Crippen molar-refractivity contribution in [2.24, 2.45) is 5.41 Å². The largest absolute Gasteiger partial charge is 0.378 e. The summed E-state index contributed by atoms with van der Waals surface area (Å²) >= 11 is 0. The van der Waals surface area contributed by atoms with Gasteiger partial charge in [-0.15, -0.1) is 5.10 Å². The highest BCUT2D eigenvalue weighted by molar-refractivity contribution is 5.04. The molecule has 0 radical (unpaired) electrons. The zero-order chi connectivity index (χ0) is 13.7. The van der Waals surface area contributed by atoms with E-state index in [1.807, 2.05) is 10.9 Å². The lowest BCUT2D eigenvalue weighted by atomic mass is 9.61. The molecule has 3 atom stereocenters. The summed E-state index contributed by atoms with van der Waals surface area (Å²) < 4.78 is 7.70. The van der Waals surface area contributed by atoms with E-state index in [9.17, 15) is 0 Å². The van der Waals surface area contributed by atoms with Crippen LogP contribution >= 0.6 is 0 Å². The Bertz CT molecular complexity index is 368. The normalized spacial score (nSPS) is 30.3. The number of rotatable bonds is 8. The smallest absolute Gasteiger partial charge is 0.0692 e. The first-order valence-corrected chi connectivity index (χ1v) is 7.39. The van der Waals surface area contributed by atoms with E-state index < -0.39 is 0 Å². The van der Waals surface area contributed by atoms with Crippen molar-refractivity contribution in [3.05, 3.63) is 12.4 Å². The predicted molar refractivity (Wildman–Crippen MR) is 74.9 cm³/mol. The van der Waals surface area contributed by atoms with Crippen LogP contribution in [0.2, 0.25) is 0 Å². The molecular weight excluding hydrogens is 240 g/mol. The van der Waals surface area contributed by atoms with Crippen molar-refractivity contribution >= 4 is 0 Å². The molecule has 0 spiro atoms. The van der Waals surface area contributed by atoms with E-state index in [4.69, 9.17) is 4.74 Å². The summed E-state index contributed by atoms with van der Waals surface area (Å²) in [5.41, 5.74) is 0.295. The van der Waals surface area contributed by atoms with Crippen LogP contribution in [0.25, 0.3) is 0 Å². The van der Waals surface area contributed by atoms with E-state index in [-0.39, 0.29) is 0 Å². The first-order chi connectivity index (χ1) is 9.20. The maximum absolute atomic E-state index is 5.82. The minimum Gasteiger partial charge on any atom is -0.378 e. The number of aromatic nitrogens is 3. The Kier molecular flexibility index (Phi) is 4.93. The van der Waals surface area contributed by atoms with Gasteiger partial charge in [0.05, 0.1) is 12.3 Å². The highest BCUT2D eigenvalue weighted by atomic mass is 16.5. The Hall–Kier alpha value is -0.940. The fourth-order valence-electron chi connectivity index (χ4n) is 2.94. The van der Waals surface area contributed by atoms with Crippen molar-refractivity contribution in [3.63, 3.8) is 0 Å². The molecule has 0 bridgehead atoms. The topological polar surface area (TPSA) is 52.0 Å². The molecule has 0 aromatic carbocycles. The minimum absolute atomic E-state index is 0.295. The number of ether oxygens (including phenoxy) is 1. The van der Waals surface area contributed by atoms with Gasteiger partial charge in [-0.2, -0.15) is 0 Å². The molecule has 5 nitrogen and oxygen atoms in total. The lowest BCUT2D eigenvalue weighted by Gasteiger charge is -2.53. The van der Waals surface area contributed by atoms with Crippen LogP contribution in [0.5, 0.6) is 0 Å². The molecule has 1 saturated carbocycles. The second kappa shape index (κ2) is 6.48. The summed E-state index contributed by atoms with van der Waals surface area (Å²) in [6.07, 6.45) is 7.44. The highest BCUT2D eigenvalue weighted by Crippen LogP contribution is 2.45. The molecule has 1 aromatic rings. The summed E-state index contributed by atoms with van der Waals surface area (Å²) in [5, 5.41) is 11.4. The van der Waals surface area contributed by atoms with E-state index in [1.165, 1.54) is 6.42 Å². The third-order valence-electron chi connectivity index (χ3n) is 4.54. The predicted octanol–water partition coefficient (Wildman–Crippen LogP) is 1.85. The van der Waals surface area contributed by atoms with Crippen LogP contribution in [-0.2, 0) is 11.3 Å². The molecule has 1 heterocycles. The minimum atomic E-state index is 0.295. The molecule has 1 aliphatic rings. The van der Waals surface area contributed by atoms with Gasteiger partial charge in [0, 0.05) is 30.8 Å². The van der Waals surface area contributed by atoms with E-state index >= 15 is 0 Å². The van der Waals surface area contributed by atoms with Crippen LogP contribution in [0.4, 0.5) is 0 Å². The molecule has 1 N–H and O–H groups in total. The van der Waals surface area contributed by atoms with Gasteiger partial charge >= 0.3 is 0 Å². The van der Waals surface area contributed by atoms with Crippen molar-refractivity contribution in [2.45, 2.75) is 58.7 Å². The lowest BCUT2D eigenvalue weighted by molar-refractivity contribution is -0.125. The SMILES string of the molecule is CCOC1CC(NCCCn2ccnn2)C1(C)CC. The van der Waals surface area contributed by atoms with Crippen molar-refractivity contribution in [1.82, 2.24) is 20.3 Å². The molecule has 2 rings (SSSR count). The second-order valence-electron chi connectivity index (χ2n) is 5.57. The maximum atomic E-state index is 5.82. The van der Waals surface area contributed by atoms with E-state index in [1.54, 1.807) is 6.20 Å². The number of nitrogens with zero attached hydrogens (tertiary/aromatic N) is 3. The lowest BCUT2D eigenvalue weighted by Crippen LogP contribution is -2.62. The van der Waals surface area contributed by atoms with Gasteiger partial charge in [0.25, 0.3) is 0 Å². The number of hydrogen-bond donors (Lipinski definition) is 1. The molecule has 19 heavy (non-hydrogen) atoms. The summed E-state index contributed by atoms with van der Waals surface area (Å²) in [6, 6.07) is 0.588. The van der Waals surface area contributed by atoms with E-state index in [2.05, 4.69) is 36.4 Å². The quantitative estimate of drug-likeness (QED) is 0.730. The zero-order valence-corrected chi connectivity index (χ0v) is 12.3. The Labute approximate surface area is 115 Å². The van der Waals surface area contributed by atoms with Crippen LogP contribution in [0.3, 0.4) is 0 Å². The van der Waals surface area contributed by atoms with Crippen LogP contribution < -0.4 is 5.32 Å². The Balaban J connectivity index is 1.69. The fraction of sp³-hybridized carbons (Fsp3) is 0.857. The van der Waals surface area contributed by atoms with Gasteiger partial charge < -0.3 is 10.1 Å². The van der Waals surface area contributed by atoms with Gasteiger partial charge in [-0.1, -0.05) is 19.1 Å². The van der Waals surface area contributed by atoms with Gasteiger partial charge in [-0.3, -0.25) is 4.68 Å². The first kappa shape index (κ1) is 14.5. The highest BCUT2D eigenvalue weighted by Gasteiger charge is 2.50. The van der Waals surface area contributed by atoms with Crippen molar-refractivity contribution in [2.75, 3.05) is 13.2 Å². The van der Waals surface area contributed by atoms with Gasteiger partial charge in [0.15, 0.2) is 0 Å². The molecule has 1 aliphatic carbocycles. The Morgan fingerprint density at radius 3 is 2.95 bits per heavy atom. The molecule has 1 aromatic heterocycles. The summed E-state index contributed by atoms with van der Waals surface area (Å²) in [4.78, 5) is 0. The average Bonchev–Trinajstić information content (AvgIpc) is 2.93. The molecule has 0 amide bonds. The van der Waals surface area contributed by atoms with E-state index in [0.717, 1.165) is 32.5 Å². The standard InChI is InChI=1S/C14H26N4O/c1-4-14(3)12(11-13(14)19-5-2)15-7-6-9-18-10-8-16-17-18/h8,10,12-13,15H,4-7,9,11H2,1-3H3. The monoisotopic (exact) mass is 266 g/mol. The summed E-state index contributed by atoms with van der Waals surface area (Å²) in [7, 11) is 0. The molecule has 3 unspecified atom stereocenters. The van der Waals surface area contributed by atoms with Crippen LogP contribution in [-0.4, -0.2) is 40.3 Å². The first-order valence-electron chi connectivity index (χ1n) is 7.39. The van der Waals surface area contributed by atoms with Crippen molar-refractivity contribution in [3.8, 4) is 0 Å². The maximum Gasteiger partial charge on any atom is 0.0692 e. The zero-order valence-electron chi connectivity index (χ0n) is 12.3. The number of hydrogen-bond acceptors (Lipinski definition) is 4. The molecule has 5 heteroatoms. The number of aryl methyl sites for hydroxylation is 1. The molecule has 0 saturated heterocycles. The summed E-state index contributed by atoms with van der Waals surface area (Å²) in [5.74, 6) is 0. The molecule has 1 fully saturated rings. The van der Waals surface area contributed by atoms with E-state index in [0.29, 0.717) is 17.6 Å². The van der Waals surface area contributed by atoms with Gasteiger partial charge in [-0.05, 0) is 32.7 Å². The van der Waals surface area contributed by atoms with Crippen LogP contribution in [0.15, 0.2) is 12.4 Å². The average molecular weight is 266 g/mol. The third-order valence-corrected chi connectivity index (χ3v) is 4.54. The summed E-state index contributed by atoms with van der Waals surface area (Å²) in [6.45, 7) is 9.45. The van der Waals surface area contributed by atoms with Crippen LogP contribution in [0.1, 0.15) is 40.0 Å². The fourth-order valence-corrected chi connectivity index (χ4v) is 2.94. The van der Waals surface area contributed by atoms with Gasteiger partial charge in [0.2, 0.25) is 0 Å². The van der Waals surface area contributed by atoms with Gasteiger partial charge in [-0.25, -0.2) is 0 Å². The van der Waals surface area contributed by atoms with Crippen LogP contribution in [0, 0.1) is 5.41 Å². The number of nitrogens with one attached hydrogen (secondary N) is 1. The van der Waals surface area contributed by atoms with Crippen molar-refractivity contribution in [1.29, 1.82) is 0 Å². The molecular formula is C14H26N4O. The van der Waals surface area contributed by atoms with Crippen molar-refractivity contribution < 1.29 is 4.74 Å². The molecule has 0 aliphatic heterocycles. The van der Waals surface area contributed by atoms with Gasteiger partial charge in [0.1, 0.15) is 0 Å². The second-order valence-corrected chi connectivity index (χ2v) is 5.57. The Morgan fingerprint density at radius 2 is 2.32 bits per heavy atom. The molecule has 108 valence electrons.